The van der Waals surface area contributed by atoms with Crippen molar-refractivity contribution in [3.8, 4) is 0 Å². The van der Waals surface area contributed by atoms with Gasteiger partial charge in [0, 0.05) is 31.7 Å². The average Bonchev–Trinajstić information content (AvgIpc) is 2.62. The van der Waals surface area contributed by atoms with Gasteiger partial charge in [-0.2, -0.15) is 0 Å². The monoisotopic (exact) mass is 345 g/mol. The van der Waals surface area contributed by atoms with Gasteiger partial charge >= 0.3 is 6.09 Å². The van der Waals surface area contributed by atoms with E-state index in [0.29, 0.717) is 19.7 Å². The van der Waals surface area contributed by atoms with E-state index in [4.69, 9.17) is 4.74 Å². The summed E-state index contributed by atoms with van der Waals surface area (Å²) in [5, 5.41) is 6.61. The lowest BCUT2D eigenvalue weighted by molar-refractivity contribution is -0.124. The number of carbonyl (C=O) groups excluding carboxylic acids is 2. The minimum Gasteiger partial charge on any atom is -0.450 e. The maximum absolute atomic E-state index is 12.9. The summed E-state index contributed by atoms with van der Waals surface area (Å²) < 4.78 is 5.04. The molecule has 6 nitrogen and oxygen atoms in total. The first kappa shape index (κ1) is 17.7. The minimum atomic E-state index is -0.258. The zero-order valence-corrected chi connectivity index (χ0v) is 15.0. The Hall–Kier alpha value is -2.08. The van der Waals surface area contributed by atoms with Gasteiger partial charge in [0.05, 0.1) is 12.5 Å². The van der Waals surface area contributed by atoms with E-state index in [1.807, 2.05) is 19.1 Å². The van der Waals surface area contributed by atoms with Crippen LogP contribution in [0, 0.1) is 0 Å². The molecule has 1 aromatic rings. The molecule has 2 heterocycles. The van der Waals surface area contributed by atoms with Gasteiger partial charge in [0.2, 0.25) is 5.91 Å². The second-order valence-electron chi connectivity index (χ2n) is 6.81. The molecule has 1 fully saturated rings. The quantitative estimate of drug-likeness (QED) is 0.879. The molecule has 1 aromatic carbocycles. The summed E-state index contributed by atoms with van der Waals surface area (Å²) in [6.07, 6.45) is 1.27. The van der Waals surface area contributed by atoms with Crippen LogP contribution >= 0.6 is 0 Å². The zero-order chi connectivity index (χ0) is 17.8. The maximum atomic E-state index is 12.9. The molecular weight excluding hydrogens is 318 g/mol. The van der Waals surface area contributed by atoms with Gasteiger partial charge < -0.3 is 20.3 Å². The average molecular weight is 345 g/mol. The van der Waals surface area contributed by atoms with E-state index in [-0.39, 0.29) is 30.0 Å². The van der Waals surface area contributed by atoms with Crippen molar-refractivity contribution in [2.45, 2.75) is 51.2 Å². The topological polar surface area (TPSA) is 70.7 Å². The van der Waals surface area contributed by atoms with E-state index < -0.39 is 0 Å². The van der Waals surface area contributed by atoms with Gasteiger partial charge in [0.25, 0.3) is 0 Å². The van der Waals surface area contributed by atoms with Crippen molar-refractivity contribution in [1.29, 1.82) is 0 Å². The van der Waals surface area contributed by atoms with Crippen LogP contribution in [0.1, 0.15) is 43.7 Å². The number of nitrogens with one attached hydrogen (secondary N) is 2. The summed E-state index contributed by atoms with van der Waals surface area (Å²) in [4.78, 5) is 26.4. The smallest absolute Gasteiger partial charge is 0.409 e. The van der Waals surface area contributed by atoms with Crippen LogP contribution in [0.4, 0.5) is 4.79 Å². The van der Waals surface area contributed by atoms with Crippen LogP contribution < -0.4 is 10.6 Å². The Morgan fingerprint density at radius 1 is 1.28 bits per heavy atom. The number of hydrogen-bond acceptors (Lipinski definition) is 4. The van der Waals surface area contributed by atoms with Crippen LogP contribution in [-0.2, 0) is 16.1 Å². The van der Waals surface area contributed by atoms with Crippen LogP contribution in [-0.4, -0.2) is 48.7 Å². The summed E-state index contributed by atoms with van der Waals surface area (Å²) in [6.45, 7) is 6.31. The standard InChI is InChI=1S/C19H27N3O3/c1-3-25-19(24)22-10-8-15(9-11-22)21-18(23)17-13(2)20-12-14-6-4-5-7-16(14)17/h4-7,13,15,17,20H,3,8-12H2,1-2H3,(H,21,23). The molecule has 0 saturated carbocycles. The molecule has 0 aliphatic carbocycles. The molecule has 2 atom stereocenters. The molecule has 0 spiro atoms. The van der Waals surface area contributed by atoms with Gasteiger partial charge in [0.15, 0.2) is 0 Å². The van der Waals surface area contributed by atoms with Gasteiger partial charge in [-0.3, -0.25) is 4.79 Å². The fourth-order valence-electron chi connectivity index (χ4n) is 3.74. The highest BCUT2D eigenvalue weighted by Gasteiger charge is 2.33. The number of piperidine rings is 1. The Morgan fingerprint density at radius 3 is 2.72 bits per heavy atom. The third-order valence-electron chi connectivity index (χ3n) is 5.15. The summed E-state index contributed by atoms with van der Waals surface area (Å²) in [6, 6.07) is 8.35. The fraction of sp³-hybridized carbons (Fsp3) is 0.579. The number of carbonyl (C=O) groups is 2. The van der Waals surface area contributed by atoms with Crippen molar-refractivity contribution in [3.05, 3.63) is 35.4 Å². The van der Waals surface area contributed by atoms with Gasteiger partial charge in [-0.25, -0.2) is 4.79 Å². The molecule has 0 bridgehead atoms. The summed E-state index contributed by atoms with van der Waals surface area (Å²) in [7, 11) is 0. The summed E-state index contributed by atoms with van der Waals surface area (Å²) in [5.74, 6) is -0.102. The lowest BCUT2D eigenvalue weighted by atomic mass is 9.84. The molecule has 25 heavy (non-hydrogen) atoms. The summed E-state index contributed by atoms with van der Waals surface area (Å²) in [5.41, 5.74) is 2.31. The third kappa shape index (κ3) is 3.95. The first-order valence-electron chi connectivity index (χ1n) is 9.13. The van der Waals surface area contributed by atoms with Crippen molar-refractivity contribution < 1.29 is 14.3 Å². The highest BCUT2D eigenvalue weighted by Crippen LogP contribution is 2.28. The first-order valence-corrected chi connectivity index (χ1v) is 9.13. The van der Waals surface area contributed by atoms with E-state index in [9.17, 15) is 9.59 Å². The normalized spacial score (nSPS) is 23.7. The van der Waals surface area contributed by atoms with Crippen molar-refractivity contribution in [3.63, 3.8) is 0 Å². The van der Waals surface area contributed by atoms with Crippen LogP contribution in [0.2, 0.25) is 0 Å². The molecule has 2 N–H and O–H groups in total. The fourth-order valence-corrected chi connectivity index (χ4v) is 3.74. The minimum absolute atomic E-state index is 0.0711. The molecule has 2 amide bonds. The SMILES string of the molecule is CCOC(=O)N1CCC(NC(=O)C2c3ccccc3CNC2C)CC1. The van der Waals surface area contributed by atoms with Crippen LogP contribution in [0.15, 0.2) is 24.3 Å². The summed E-state index contributed by atoms with van der Waals surface area (Å²) >= 11 is 0. The molecule has 0 radical (unpaired) electrons. The number of fused-ring (bicyclic) bond motifs is 1. The van der Waals surface area contributed by atoms with Crippen molar-refractivity contribution in [2.24, 2.45) is 0 Å². The second kappa shape index (κ2) is 7.87. The maximum Gasteiger partial charge on any atom is 0.409 e. The number of rotatable bonds is 3. The molecule has 1 saturated heterocycles. The van der Waals surface area contributed by atoms with Crippen molar-refractivity contribution in [2.75, 3.05) is 19.7 Å². The van der Waals surface area contributed by atoms with Gasteiger partial charge in [0.1, 0.15) is 0 Å². The molecule has 2 unspecified atom stereocenters. The molecular formula is C19H27N3O3. The number of hydrogen-bond donors (Lipinski definition) is 2. The van der Waals surface area contributed by atoms with Crippen LogP contribution in [0.25, 0.3) is 0 Å². The number of likely N-dealkylation sites (tertiary alicyclic amines) is 1. The van der Waals surface area contributed by atoms with Crippen molar-refractivity contribution in [1.82, 2.24) is 15.5 Å². The number of benzene rings is 1. The first-order chi connectivity index (χ1) is 12.1. The Balaban J connectivity index is 1.59. The predicted molar refractivity (Wildman–Crippen MR) is 95.2 cm³/mol. The van der Waals surface area contributed by atoms with Crippen LogP contribution in [0.3, 0.4) is 0 Å². The zero-order valence-electron chi connectivity index (χ0n) is 15.0. The number of ether oxygens (including phenoxy) is 1. The molecule has 6 heteroatoms. The molecule has 3 rings (SSSR count). The second-order valence-corrected chi connectivity index (χ2v) is 6.81. The highest BCUT2D eigenvalue weighted by molar-refractivity contribution is 5.85. The number of amides is 2. The molecule has 136 valence electrons. The predicted octanol–water partition coefficient (Wildman–Crippen LogP) is 2.00. The number of nitrogens with zero attached hydrogens (tertiary/aromatic N) is 1. The Morgan fingerprint density at radius 2 is 2.00 bits per heavy atom. The van der Waals surface area contributed by atoms with Crippen LogP contribution in [0.5, 0.6) is 0 Å². The van der Waals surface area contributed by atoms with Crippen molar-refractivity contribution >= 4 is 12.0 Å². The van der Waals surface area contributed by atoms with E-state index in [1.54, 1.807) is 4.90 Å². The molecule has 0 aromatic heterocycles. The van der Waals surface area contributed by atoms with E-state index in [2.05, 4.69) is 29.7 Å². The Kier molecular flexibility index (Phi) is 5.58. The highest BCUT2D eigenvalue weighted by atomic mass is 16.6. The molecule has 2 aliphatic heterocycles. The Labute approximate surface area is 148 Å². The largest absolute Gasteiger partial charge is 0.450 e. The van der Waals surface area contributed by atoms with Gasteiger partial charge in [-0.1, -0.05) is 24.3 Å². The lowest BCUT2D eigenvalue weighted by Crippen LogP contribution is -2.51. The molecule has 2 aliphatic rings. The Bertz CT molecular complexity index is 626. The third-order valence-corrected chi connectivity index (χ3v) is 5.15. The van der Waals surface area contributed by atoms with Gasteiger partial charge in [-0.05, 0) is 37.8 Å². The lowest BCUT2D eigenvalue weighted by Gasteiger charge is -2.35. The van der Waals surface area contributed by atoms with Gasteiger partial charge in [-0.15, -0.1) is 0 Å². The van der Waals surface area contributed by atoms with E-state index >= 15 is 0 Å². The van der Waals surface area contributed by atoms with E-state index in [1.165, 1.54) is 5.56 Å². The van der Waals surface area contributed by atoms with E-state index in [0.717, 1.165) is 24.9 Å².